The zero-order valence-corrected chi connectivity index (χ0v) is 12.8. The van der Waals surface area contributed by atoms with E-state index < -0.39 is 0 Å². The highest BCUT2D eigenvalue weighted by molar-refractivity contribution is 5.91. The Kier molecular flexibility index (Phi) is 3.11. The SMILES string of the molecule is CNC1CC2CCC(C1)N2c1cccc2ccc(C)nc12. The first kappa shape index (κ1) is 13.1. The predicted octanol–water partition coefficient (Wildman–Crippen LogP) is 3.26. The number of nitrogens with one attached hydrogen (secondary N) is 1. The van der Waals surface area contributed by atoms with E-state index in [1.54, 1.807) is 0 Å². The molecule has 2 aliphatic heterocycles. The van der Waals surface area contributed by atoms with Crippen LogP contribution in [-0.2, 0) is 0 Å². The fourth-order valence-corrected chi connectivity index (χ4v) is 4.24. The molecule has 0 amide bonds. The molecule has 2 fully saturated rings. The molecule has 21 heavy (non-hydrogen) atoms. The van der Waals surface area contributed by atoms with Gasteiger partial charge in [0.05, 0.1) is 11.2 Å². The van der Waals surface area contributed by atoms with E-state index in [0.717, 1.165) is 5.69 Å². The average Bonchev–Trinajstić information content (AvgIpc) is 2.76. The van der Waals surface area contributed by atoms with Gasteiger partial charge in [-0.1, -0.05) is 18.2 Å². The molecule has 1 aromatic carbocycles. The first-order chi connectivity index (χ1) is 10.3. The molecule has 2 aromatic rings. The van der Waals surface area contributed by atoms with Crippen LogP contribution in [0.4, 0.5) is 5.69 Å². The number of para-hydroxylation sites is 1. The fraction of sp³-hybridized carbons (Fsp3) is 0.500. The summed E-state index contributed by atoms with van der Waals surface area (Å²) in [7, 11) is 2.10. The molecule has 1 aromatic heterocycles. The van der Waals surface area contributed by atoms with Crippen molar-refractivity contribution >= 4 is 16.6 Å². The molecule has 3 heteroatoms. The number of hydrogen-bond donors (Lipinski definition) is 1. The van der Waals surface area contributed by atoms with Gasteiger partial charge in [0.15, 0.2) is 0 Å². The van der Waals surface area contributed by atoms with Gasteiger partial charge < -0.3 is 10.2 Å². The molecule has 2 bridgehead atoms. The average molecular weight is 281 g/mol. The fourth-order valence-electron chi connectivity index (χ4n) is 4.24. The van der Waals surface area contributed by atoms with Crippen molar-refractivity contribution in [2.45, 2.75) is 50.7 Å². The first-order valence-electron chi connectivity index (χ1n) is 8.08. The molecule has 3 nitrogen and oxygen atoms in total. The van der Waals surface area contributed by atoms with Crippen LogP contribution in [0, 0.1) is 6.92 Å². The van der Waals surface area contributed by atoms with E-state index in [-0.39, 0.29) is 0 Å². The third kappa shape index (κ3) is 2.11. The molecule has 1 N–H and O–H groups in total. The normalized spacial score (nSPS) is 28.3. The van der Waals surface area contributed by atoms with E-state index in [1.807, 2.05) is 0 Å². The van der Waals surface area contributed by atoms with Gasteiger partial charge in [0.25, 0.3) is 0 Å². The number of pyridine rings is 1. The topological polar surface area (TPSA) is 28.2 Å². The molecule has 2 atom stereocenters. The number of rotatable bonds is 2. The van der Waals surface area contributed by atoms with Gasteiger partial charge in [-0.15, -0.1) is 0 Å². The van der Waals surface area contributed by atoms with Gasteiger partial charge in [0.1, 0.15) is 0 Å². The summed E-state index contributed by atoms with van der Waals surface area (Å²) in [5.41, 5.74) is 3.63. The minimum absolute atomic E-state index is 0.675. The summed E-state index contributed by atoms with van der Waals surface area (Å²) >= 11 is 0. The molecule has 0 radical (unpaired) electrons. The molecule has 3 heterocycles. The summed E-state index contributed by atoms with van der Waals surface area (Å²) < 4.78 is 0. The quantitative estimate of drug-likeness (QED) is 0.916. The molecule has 0 saturated carbocycles. The van der Waals surface area contributed by atoms with E-state index >= 15 is 0 Å². The third-order valence-corrected chi connectivity index (χ3v) is 5.26. The van der Waals surface area contributed by atoms with Crippen LogP contribution in [0.15, 0.2) is 30.3 Å². The van der Waals surface area contributed by atoms with Crippen LogP contribution in [0.2, 0.25) is 0 Å². The molecular weight excluding hydrogens is 258 g/mol. The summed E-state index contributed by atoms with van der Waals surface area (Å²) in [6.45, 7) is 2.08. The van der Waals surface area contributed by atoms with Gasteiger partial charge in [0.2, 0.25) is 0 Å². The number of hydrogen-bond acceptors (Lipinski definition) is 3. The van der Waals surface area contributed by atoms with Gasteiger partial charge in [-0.3, -0.25) is 4.98 Å². The number of aromatic nitrogens is 1. The lowest BCUT2D eigenvalue weighted by atomic mass is 9.96. The van der Waals surface area contributed by atoms with Crippen LogP contribution in [0.5, 0.6) is 0 Å². The van der Waals surface area contributed by atoms with Crippen molar-refractivity contribution in [2.75, 3.05) is 11.9 Å². The number of aryl methyl sites for hydroxylation is 1. The molecule has 110 valence electrons. The zero-order chi connectivity index (χ0) is 14.4. The molecule has 0 spiro atoms. The van der Waals surface area contributed by atoms with Gasteiger partial charge >= 0.3 is 0 Å². The van der Waals surface area contributed by atoms with Gasteiger partial charge in [-0.25, -0.2) is 0 Å². The highest BCUT2D eigenvalue weighted by atomic mass is 15.2. The highest BCUT2D eigenvalue weighted by Crippen LogP contribution is 2.41. The van der Waals surface area contributed by atoms with Crippen molar-refractivity contribution in [2.24, 2.45) is 0 Å². The van der Waals surface area contributed by atoms with Gasteiger partial charge in [-0.05, 0) is 51.8 Å². The maximum Gasteiger partial charge on any atom is 0.0938 e. The predicted molar refractivity (Wildman–Crippen MR) is 87.9 cm³/mol. The van der Waals surface area contributed by atoms with E-state index in [0.29, 0.717) is 18.1 Å². The Bertz CT molecular complexity index is 653. The van der Waals surface area contributed by atoms with Crippen LogP contribution >= 0.6 is 0 Å². The molecule has 2 saturated heterocycles. The van der Waals surface area contributed by atoms with Crippen LogP contribution in [0.3, 0.4) is 0 Å². The van der Waals surface area contributed by atoms with Gasteiger partial charge in [-0.2, -0.15) is 0 Å². The van der Waals surface area contributed by atoms with Crippen molar-refractivity contribution in [3.05, 3.63) is 36.0 Å². The van der Waals surface area contributed by atoms with Crippen molar-refractivity contribution < 1.29 is 0 Å². The van der Waals surface area contributed by atoms with E-state index in [9.17, 15) is 0 Å². The van der Waals surface area contributed by atoms with Crippen LogP contribution in [0.1, 0.15) is 31.4 Å². The molecule has 4 rings (SSSR count). The lowest BCUT2D eigenvalue weighted by molar-refractivity contribution is 0.374. The number of benzene rings is 1. The van der Waals surface area contributed by atoms with E-state index in [1.165, 1.54) is 42.3 Å². The van der Waals surface area contributed by atoms with Crippen molar-refractivity contribution in [3.8, 4) is 0 Å². The Morgan fingerprint density at radius 2 is 1.86 bits per heavy atom. The Balaban J connectivity index is 1.79. The summed E-state index contributed by atoms with van der Waals surface area (Å²) in [5, 5.41) is 4.74. The first-order valence-corrected chi connectivity index (χ1v) is 8.08. The smallest absolute Gasteiger partial charge is 0.0938 e. The number of piperidine rings is 1. The second kappa shape index (κ2) is 4.99. The summed E-state index contributed by atoms with van der Waals surface area (Å²) in [5.74, 6) is 0. The Morgan fingerprint density at radius 3 is 2.57 bits per heavy atom. The number of fused-ring (bicyclic) bond motifs is 3. The summed E-state index contributed by atoms with van der Waals surface area (Å²) in [6, 6.07) is 13.0. The van der Waals surface area contributed by atoms with Crippen LogP contribution in [0.25, 0.3) is 10.9 Å². The summed E-state index contributed by atoms with van der Waals surface area (Å²) in [6.07, 6.45) is 5.17. The van der Waals surface area contributed by atoms with E-state index in [4.69, 9.17) is 4.98 Å². The zero-order valence-electron chi connectivity index (χ0n) is 12.8. The largest absolute Gasteiger partial charge is 0.364 e. The second-order valence-corrected chi connectivity index (χ2v) is 6.55. The molecule has 2 unspecified atom stereocenters. The lowest BCUT2D eigenvalue weighted by Crippen LogP contribution is -2.48. The Morgan fingerprint density at radius 1 is 1.10 bits per heavy atom. The monoisotopic (exact) mass is 281 g/mol. The Hall–Kier alpha value is -1.61. The van der Waals surface area contributed by atoms with Crippen molar-refractivity contribution in [3.63, 3.8) is 0 Å². The maximum atomic E-state index is 4.83. The van der Waals surface area contributed by atoms with Gasteiger partial charge in [0, 0.05) is 29.2 Å². The van der Waals surface area contributed by atoms with Crippen LogP contribution in [-0.4, -0.2) is 30.2 Å². The van der Waals surface area contributed by atoms with E-state index in [2.05, 4.69) is 54.5 Å². The van der Waals surface area contributed by atoms with Crippen LogP contribution < -0.4 is 10.2 Å². The third-order valence-electron chi connectivity index (χ3n) is 5.26. The minimum Gasteiger partial charge on any atom is -0.364 e. The highest BCUT2D eigenvalue weighted by Gasteiger charge is 2.40. The standard InChI is InChI=1S/C18H23N3/c1-12-6-7-13-4-3-5-17(18(13)20-12)21-15-8-9-16(21)11-14(10-15)19-2/h3-7,14-16,19H,8-11H2,1-2H3. The number of nitrogens with zero attached hydrogens (tertiary/aromatic N) is 2. The Labute approximate surface area is 126 Å². The van der Waals surface area contributed by atoms with Crippen molar-refractivity contribution in [1.82, 2.24) is 10.3 Å². The number of anilines is 1. The second-order valence-electron chi connectivity index (χ2n) is 6.55. The molecular formula is C18H23N3. The molecule has 0 aliphatic carbocycles. The molecule has 2 aliphatic rings. The maximum absolute atomic E-state index is 4.83. The minimum atomic E-state index is 0.675. The summed E-state index contributed by atoms with van der Waals surface area (Å²) in [4.78, 5) is 7.50. The lowest BCUT2D eigenvalue weighted by Gasteiger charge is -2.40. The van der Waals surface area contributed by atoms with Crippen molar-refractivity contribution in [1.29, 1.82) is 0 Å².